The maximum Gasteiger partial charge on any atom is 0.303 e. The Morgan fingerprint density at radius 2 is 1.84 bits per heavy atom. The highest BCUT2D eigenvalue weighted by atomic mass is 79.9. The molecule has 0 unspecified atom stereocenters. The Hall–Kier alpha value is -2.64. The Labute approximate surface area is 204 Å². The van der Waals surface area contributed by atoms with Gasteiger partial charge in [-0.3, -0.25) is 9.78 Å². The van der Waals surface area contributed by atoms with E-state index in [9.17, 15) is 9.90 Å². The van der Waals surface area contributed by atoms with E-state index < -0.39 is 5.97 Å². The number of rotatable bonds is 8. The SMILES string of the molecule is CC(C)c1cc(Oc2c(Br)cc(CCC(=O)O)cc2Br)cc(C=Cc2ccccn2)c1O. The summed E-state index contributed by atoms with van der Waals surface area (Å²) in [6.07, 6.45) is 5.85. The number of carboxylic acids is 1. The Bertz CT molecular complexity index is 1120. The molecule has 0 aliphatic rings. The molecule has 0 atom stereocenters. The molecule has 0 saturated carbocycles. The second-order valence-corrected chi connectivity index (χ2v) is 9.29. The summed E-state index contributed by atoms with van der Waals surface area (Å²) < 4.78 is 7.60. The van der Waals surface area contributed by atoms with E-state index in [1.54, 1.807) is 12.3 Å². The molecule has 2 N–H and O–H groups in total. The van der Waals surface area contributed by atoms with Crippen molar-refractivity contribution < 1.29 is 19.7 Å². The summed E-state index contributed by atoms with van der Waals surface area (Å²) in [5.41, 5.74) is 3.06. The lowest BCUT2D eigenvalue weighted by molar-refractivity contribution is -0.136. The fourth-order valence-electron chi connectivity index (χ4n) is 3.15. The Balaban J connectivity index is 1.95. The molecule has 0 radical (unpaired) electrons. The first-order valence-corrected chi connectivity index (χ1v) is 11.7. The second kappa shape index (κ2) is 10.8. The predicted molar refractivity (Wildman–Crippen MR) is 133 cm³/mol. The van der Waals surface area contributed by atoms with Crippen molar-refractivity contribution in [2.75, 3.05) is 0 Å². The van der Waals surface area contributed by atoms with Crippen LogP contribution in [0.25, 0.3) is 12.2 Å². The molecule has 1 heterocycles. The van der Waals surface area contributed by atoms with Gasteiger partial charge >= 0.3 is 5.97 Å². The van der Waals surface area contributed by atoms with Crippen molar-refractivity contribution in [2.24, 2.45) is 0 Å². The lowest BCUT2D eigenvalue weighted by atomic mass is 9.98. The number of hydrogen-bond acceptors (Lipinski definition) is 4. The number of aromatic hydroxyl groups is 1. The average Bonchev–Trinajstić information content (AvgIpc) is 2.75. The maximum absolute atomic E-state index is 10.9. The Kier molecular flexibility index (Phi) is 8.10. The molecule has 3 aromatic rings. The van der Waals surface area contributed by atoms with Gasteiger partial charge in [-0.25, -0.2) is 0 Å². The van der Waals surface area contributed by atoms with Crippen LogP contribution in [-0.4, -0.2) is 21.2 Å². The first-order chi connectivity index (χ1) is 15.2. The van der Waals surface area contributed by atoms with Gasteiger partial charge in [0.2, 0.25) is 0 Å². The number of phenolic OH excluding ortho intramolecular Hbond substituents is 1. The molecule has 0 spiro atoms. The van der Waals surface area contributed by atoms with Gasteiger partial charge in [-0.05, 0) is 98.3 Å². The third kappa shape index (κ3) is 6.20. The van der Waals surface area contributed by atoms with Gasteiger partial charge in [-0.2, -0.15) is 0 Å². The summed E-state index contributed by atoms with van der Waals surface area (Å²) in [6, 6.07) is 13.0. The van der Waals surface area contributed by atoms with Gasteiger partial charge < -0.3 is 14.9 Å². The first-order valence-electron chi connectivity index (χ1n) is 10.1. The number of aromatic nitrogens is 1. The highest BCUT2D eigenvalue weighted by molar-refractivity contribution is 9.11. The Morgan fingerprint density at radius 3 is 2.44 bits per heavy atom. The highest BCUT2D eigenvalue weighted by Crippen LogP contribution is 2.41. The number of halogens is 2. The number of ether oxygens (including phenoxy) is 1. The molecule has 0 aliphatic carbocycles. The average molecular weight is 561 g/mol. The zero-order valence-electron chi connectivity index (χ0n) is 17.7. The highest BCUT2D eigenvalue weighted by Gasteiger charge is 2.16. The molecule has 0 bridgehead atoms. The van der Waals surface area contributed by atoms with E-state index in [0.29, 0.717) is 32.4 Å². The van der Waals surface area contributed by atoms with Crippen molar-refractivity contribution >= 4 is 50.0 Å². The van der Waals surface area contributed by atoms with Crippen LogP contribution in [-0.2, 0) is 11.2 Å². The van der Waals surface area contributed by atoms with E-state index in [0.717, 1.165) is 16.8 Å². The number of carbonyl (C=O) groups is 1. The number of pyridine rings is 1. The number of benzene rings is 2. The molecular formula is C25H23Br2NO4. The molecule has 0 fully saturated rings. The second-order valence-electron chi connectivity index (χ2n) is 7.58. The molecule has 3 rings (SSSR count). The van der Waals surface area contributed by atoms with Crippen LogP contribution < -0.4 is 4.74 Å². The van der Waals surface area contributed by atoms with Gasteiger partial charge in [0.1, 0.15) is 11.5 Å². The van der Waals surface area contributed by atoms with E-state index in [4.69, 9.17) is 9.84 Å². The standard InChI is InChI=1S/C25H23Br2NO4/c1-15(2)20-14-19(13-17(24(20)31)7-8-18-5-3-4-10-28-18)32-25-21(26)11-16(12-22(25)27)6-9-23(29)30/h3-5,7-8,10-15,31H,6,9H2,1-2H3,(H,29,30). The lowest BCUT2D eigenvalue weighted by Crippen LogP contribution is -1.98. The van der Waals surface area contributed by atoms with Crippen LogP contribution in [0.2, 0.25) is 0 Å². The fourth-order valence-corrected chi connectivity index (χ4v) is 4.59. The van der Waals surface area contributed by atoms with Crippen LogP contribution >= 0.6 is 31.9 Å². The van der Waals surface area contributed by atoms with Crippen LogP contribution in [0.1, 0.15) is 48.6 Å². The Morgan fingerprint density at radius 1 is 1.12 bits per heavy atom. The largest absolute Gasteiger partial charge is 0.507 e. The topological polar surface area (TPSA) is 79.7 Å². The summed E-state index contributed by atoms with van der Waals surface area (Å²) in [7, 11) is 0. The van der Waals surface area contributed by atoms with Crippen molar-refractivity contribution in [2.45, 2.75) is 32.6 Å². The molecule has 166 valence electrons. The normalized spacial score (nSPS) is 11.3. The predicted octanol–water partition coefficient (Wildman–Crippen LogP) is 7.42. The first kappa shape index (κ1) is 24.0. The zero-order chi connectivity index (χ0) is 23.3. The smallest absolute Gasteiger partial charge is 0.303 e. The van der Waals surface area contributed by atoms with E-state index in [1.165, 1.54) is 0 Å². The van der Waals surface area contributed by atoms with Crippen LogP contribution in [0.4, 0.5) is 0 Å². The van der Waals surface area contributed by atoms with Crippen molar-refractivity contribution in [3.05, 3.63) is 80.0 Å². The number of carboxylic acid groups (broad SMARTS) is 1. The van der Waals surface area contributed by atoms with Crippen LogP contribution in [0, 0.1) is 0 Å². The number of aliphatic carboxylic acids is 1. The van der Waals surface area contributed by atoms with Gasteiger partial charge in [0, 0.05) is 23.7 Å². The number of aryl methyl sites for hydroxylation is 1. The van der Waals surface area contributed by atoms with Gasteiger partial charge in [-0.15, -0.1) is 0 Å². The van der Waals surface area contributed by atoms with E-state index in [-0.39, 0.29) is 18.1 Å². The van der Waals surface area contributed by atoms with E-state index >= 15 is 0 Å². The number of nitrogens with zero attached hydrogens (tertiary/aromatic N) is 1. The molecule has 32 heavy (non-hydrogen) atoms. The molecule has 1 aromatic heterocycles. The minimum atomic E-state index is -0.839. The fraction of sp³-hybridized carbons (Fsp3) is 0.200. The van der Waals surface area contributed by atoms with E-state index in [2.05, 4.69) is 36.8 Å². The molecular weight excluding hydrogens is 538 g/mol. The van der Waals surface area contributed by atoms with Crippen LogP contribution in [0.3, 0.4) is 0 Å². The summed E-state index contributed by atoms with van der Waals surface area (Å²) in [6.45, 7) is 4.02. The zero-order valence-corrected chi connectivity index (χ0v) is 20.9. The molecule has 0 amide bonds. The lowest BCUT2D eigenvalue weighted by Gasteiger charge is -2.16. The van der Waals surface area contributed by atoms with Crippen molar-refractivity contribution in [3.8, 4) is 17.2 Å². The number of phenols is 1. The molecule has 0 aliphatic heterocycles. The van der Waals surface area contributed by atoms with Crippen molar-refractivity contribution in [1.82, 2.24) is 4.98 Å². The molecule has 7 heteroatoms. The minimum absolute atomic E-state index is 0.0563. The van der Waals surface area contributed by atoms with Crippen molar-refractivity contribution in [1.29, 1.82) is 0 Å². The third-order valence-corrected chi connectivity index (χ3v) is 5.97. The molecule has 2 aromatic carbocycles. The van der Waals surface area contributed by atoms with Gasteiger partial charge in [0.25, 0.3) is 0 Å². The monoisotopic (exact) mass is 559 g/mol. The van der Waals surface area contributed by atoms with Crippen LogP contribution in [0.5, 0.6) is 17.2 Å². The number of hydrogen-bond donors (Lipinski definition) is 2. The third-order valence-electron chi connectivity index (χ3n) is 4.79. The molecule has 0 saturated heterocycles. The quantitative estimate of drug-likeness (QED) is 0.300. The van der Waals surface area contributed by atoms with Crippen LogP contribution in [0.15, 0.2) is 57.6 Å². The van der Waals surface area contributed by atoms with E-state index in [1.807, 2.05) is 62.4 Å². The summed E-state index contributed by atoms with van der Waals surface area (Å²) in [4.78, 5) is 15.1. The summed E-state index contributed by atoms with van der Waals surface area (Å²) in [5.74, 6) is 0.609. The van der Waals surface area contributed by atoms with Gasteiger partial charge in [0.15, 0.2) is 5.75 Å². The van der Waals surface area contributed by atoms with Gasteiger partial charge in [0.05, 0.1) is 14.6 Å². The van der Waals surface area contributed by atoms with Crippen molar-refractivity contribution in [3.63, 3.8) is 0 Å². The minimum Gasteiger partial charge on any atom is -0.507 e. The summed E-state index contributed by atoms with van der Waals surface area (Å²) in [5, 5.41) is 19.7. The maximum atomic E-state index is 10.9. The summed E-state index contributed by atoms with van der Waals surface area (Å²) >= 11 is 7.06. The van der Waals surface area contributed by atoms with Gasteiger partial charge in [-0.1, -0.05) is 19.9 Å². The molecule has 5 nitrogen and oxygen atoms in total.